The number of aliphatic hydroxyl groups excluding tert-OH is 2. The van der Waals surface area contributed by atoms with Gasteiger partial charge in [-0.1, -0.05) is 30.3 Å². The molecule has 4 nitrogen and oxygen atoms in total. The van der Waals surface area contributed by atoms with Crippen LogP contribution in [0.2, 0.25) is 0 Å². The minimum atomic E-state index is 0.0126. The summed E-state index contributed by atoms with van der Waals surface area (Å²) >= 11 is 0. The summed E-state index contributed by atoms with van der Waals surface area (Å²) in [6, 6.07) is 15.5. The summed E-state index contributed by atoms with van der Waals surface area (Å²) in [4.78, 5) is 0. The summed E-state index contributed by atoms with van der Waals surface area (Å²) in [5, 5.41) is 17.5. The van der Waals surface area contributed by atoms with E-state index in [0.29, 0.717) is 13.2 Å². The molecule has 0 spiro atoms. The molecular weight excluding hydrogens is 292 g/mol. The summed E-state index contributed by atoms with van der Waals surface area (Å²) in [5.74, 6) is 1.50. The van der Waals surface area contributed by atoms with E-state index >= 15 is 0 Å². The van der Waals surface area contributed by atoms with Crippen LogP contribution in [0.25, 0.3) is 11.6 Å². The monoisotopic (exact) mass is 314 g/mol. The normalized spacial score (nSPS) is 11.3. The maximum Gasteiger partial charge on any atom is 0.119 e. The van der Waals surface area contributed by atoms with E-state index in [4.69, 9.17) is 19.7 Å². The topological polar surface area (TPSA) is 58.9 Å². The molecule has 2 rings (SSSR count). The van der Waals surface area contributed by atoms with Crippen LogP contribution in [0.3, 0.4) is 0 Å². The van der Waals surface area contributed by atoms with E-state index in [-0.39, 0.29) is 13.2 Å². The summed E-state index contributed by atoms with van der Waals surface area (Å²) < 4.78 is 10.7. The third-order valence-corrected chi connectivity index (χ3v) is 3.29. The van der Waals surface area contributed by atoms with Crippen molar-refractivity contribution in [3.8, 4) is 11.5 Å². The molecule has 0 bridgehead atoms. The number of hydrogen-bond donors (Lipinski definition) is 2. The highest BCUT2D eigenvalue weighted by Crippen LogP contribution is 2.22. The SMILES string of the molecule is C/C(=C/c1ccc(OCCO)cc1)c1ccc(OCCO)cc1. The molecule has 0 heterocycles. The Morgan fingerprint density at radius 1 is 0.826 bits per heavy atom. The molecule has 2 aromatic rings. The minimum absolute atomic E-state index is 0.0126. The van der Waals surface area contributed by atoms with Crippen LogP contribution in [-0.2, 0) is 0 Å². The Balaban J connectivity index is 2.03. The van der Waals surface area contributed by atoms with Gasteiger partial charge >= 0.3 is 0 Å². The lowest BCUT2D eigenvalue weighted by molar-refractivity contribution is 0.201. The van der Waals surface area contributed by atoms with Gasteiger partial charge in [0.05, 0.1) is 13.2 Å². The van der Waals surface area contributed by atoms with Crippen molar-refractivity contribution in [1.29, 1.82) is 0 Å². The molecule has 0 aliphatic rings. The van der Waals surface area contributed by atoms with Crippen molar-refractivity contribution in [3.63, 3.8) is 0 Å². The fourth-order valence-electron chi connectivity index (χ4n) is 2.13. The standard InChI is InChI=1S/C19H22O4/c1-15(17-4-8-19(9-5-17)23-13-11-21)14-16-2-6-18(7-3-16)22-12-10-20/h2-9,14,20-21H,10-13H2,1H3/b15-14-. The highest BCUT2D eigenvalue weighted by molar-refractivity contribution is 5.80. The molecule has 0 unspecified atom stereocenters. The van der Waals surface area contributed by atoms with Crippen molar-refractivity contribution in [2.75, 3.05) is 26.4 Å². The van der Waals surface area contributed by atoms with Crippen molar-refractivity contribution in [2.24, 2.45) is 0 Å². The van der Waals surface area contributed by atoms with Crippen LogP contribution < -0.4 is 9.47 Å². The molecule has 0 radical (unpaired) electrons. The number of ether oxygens (including phenoxy) is 2. The second kappa shape index (κ2) is 8.98. The lowest BCUT2D eigenvalue weighted by Crippen LogP contribution is -2.01. The summed E-state index contributed by atoms with van der Waals surface area (Å²) in [7, 11) is 0. The number of aliphatic hydroxyl groups is 2. The first kappa shape index (κ1) is 17.1. The predicted molar refractivity (Wildman–Crippen MR) is 91.6 cm³/mol. The van der Waals surface area contributed by atoms with Gasteiger partial charge in [-0.3, -0.25) is 0 Å². The third kappa shape index (κ3) is 5.43. The Hall–Kier alpha value is -2.30. The second-order valence-corrected chi connectivity index (χ2v) is 5.06. The Labute approximate surface area is 136 Å². The van der Waals surface area contributed by atoms with Crippen molar-refractivity contribution < 1.29 is 19.7 Å². The van der Waals surface area contributed by atoms with Crippen molar-refractivity contribution in [1.82, 2.24) is 0 Å². The zero-order valence-electron chi connectivity index (χ0n) is 13.2. The molecule has 2 N–H and O–H groups in total. The molecule has 4 heteroatoms. The van der Waals surface area contributed by atoms with Gasteiger partial charge in [-0.2, -0.15) is 0 Å². The van der Waals surface area contributed by atoms with Gasteiger partial charge in [-0.25, -0.2) is 0 Å². The molecule has 0 saturated carbocycles. The van der Waals surface area contributed by atoms with Crippen molar-refractivity contribution >= 4 is 11.6 Å². The van der Waals surface area contributed by atoms with Crippen LogP contribution >= 0.6 is 0 Å². The van der Waals surface area contributed by atoms with Gasteiger partial charge in [0, 0.05) is 0 Å². The van der Waals surface area contributed by atoms with Gasteiger partial charge in [-0.15, -0.1) is 0 Å². The molecular formula is C19H22O4. The molecule has 0 atom stereocenters. The average Bonchev–Trinajstić information content (AvgIpc) is 2.59. The Morgan fingerprint density at radius 3 is 1.78 bits per heavy atom. The van der Waals surface area contributed by atoms with Crippen LogP contribution in [0.4, 0.5) is 0 Å². The molecule has 122 valence electrons. The molecule has 0 fully saturated rings. The smallest absolute Gasteiger partial charge is 0.119 e. The van der Waals surface area contributed by atoms with Crippen LogP contribution in [0, 0.1) is 0 Å². The van der Waals surface area contributed by atoms with E-state index in [2.05, 4.69) is 13.0 Å². The Morgan fingerprint density at radius 2 is 1.30 bits per heavy atom. The molecule has 0 amide bonds. The van der Waals surface area contributed by atoms with Gasteiger partial charge in [0.1, 0.15) is 24.7 Å². The summed E-state index contributed by atoms with van der Waals surface area (Å²) in [5.41, 5.74) is 3.34. The number of rotatable bonds is 8. The van der Waals surface area contributed by atoms with Gasteiger partial charge in [-0.05, 0) is 47.9 Å². The summed E-state index contributed by atoms with van der Waals surface area (Å²) in [6.45, 7) is 2.69. The quantitative estimate of drug-likeness (QED) is 0.736. The van der Waals surface area contributed by atoms with Crippen LogP contribution in [0.5, 0.6) is 11.5 Å². The fourth-order valence-corrected chi connectivity index (χ4v) is 2.13. The fraction of sp³-hybridized carbons (Fsp3) is 0.263. The predicted octanol–water partition coefficient (Wildman–Crippen LogP) is 2.99. The number of hydrogen-bond acceptors (Lipinski definition) is 4. The van der Waals surface area contributed by atoms with Crippen LogP contribution in [-0.4, -0.2) is 36.6 Å². The molecule has 0 aliphatic heterocycles. The Bertz CT molecular complexity index is 615. The third-order valence-electron chi connectivity index (χ3n) is 3.29. The molecule has 0 aromatic heterocycles. The maximum atomic E-state index is 8.75. The van der Waals surface area contributed by atoms with Gasteiger partial charge < -0.3 is 19.7 Å². The molecule has 23 heavy (non-hydrogen) atoms. The van der Waals surface area contributed by atoms with Gasteiger partial charge in [0.25, 0.3) is 0 Å². The molecule has 0 saturated heterocycles. The van der Waals surface area contributed by atoms with Gasteiger partial charge in [0.2, 0.25) is 0 Å². The van der Waals surface area contributed by atoms with Crippen molar-refractivity contribution in [2.45, 2.75) is 6.92 Å². The van der Waals surface area contributed by atoms with E-state index in [9.17, 15) is 0 Å². The number of allylic oxidation sites excluding steroid dienone is 1. The second-order valence-electron chi connectivity index (χ2n) is 5.06. The van der Waals surface area contributed by atoms with Gasteiger partial charge in [0.15, 0.2) is 0 Å². The van der Waals surface area contributed by atoms with E-state index in [1.54, 1.807) is 0 Å². The molecule has 2 aromatic carbocycles. The first-order valence-corrected chi connectivity index (χ1v) is 7.59. The summed E-state index contributed by atoms with van der Waals surface area (Å²) in [6.07, 6.45) is 2.10. The lowest BCUT2D eigenvalue weighted by atomic mass is 10.0. The van der Waals surface area contributed by atoms with Crippen LogP contribution in [0.1, 0.15) is 18.1 Å². The molecule has 0 aliphatic carbocycles. The zero-order valence-corrected chi connectivity index (χ0v) is 13.2. The first-order valence-electron chi connectivity index (χ1n) is 7.59. The Kier molecular flexibility index (Phi) is 6.66. The zero-order chi connectivity index (χ0) is 16.5. The first-order chi connectivity index (χ1) is 11.2. The van der Waals surface area contributed by atoms with E-state index in [1.807, 2.05) is 48.5 Å². The minimum Gasteiger partial charge on any atom is -0.491 e. The van der Waals surface area contributed by atoms with Crippen LogP contribution in [0.15, 0.2) is 48.5 Å². The average molecular weight is 314 g/mol. The van der Waals surface area contributed by atoms with E-state index in [0.717, 1.165) is 28.2 Å². The van der Waals surface area contributed by atoms with E-state index in [1.165, 1.54) is 0 Å². The lowest BCUT2D eigenvalue weighted by Gasteiger charge is -2.07. The van der Waals surface area contributed by atoms with Crippen molar-refractivity contribution in [3.05, 3.63) is 59.7 Å². The van der Waals surface area contributed by atoms with E-state index < -0.39 is 0 Å². The number of benzene rings is 2. The largest absolute Gasteiger partial charge is 0.491 e. The highest BCUT2D eigenvalue weighted by Gasteiger charge is 1.99. The maximum absolute atomic E-state index is 8.75. The highest BCUT2D eigenvalue weighted by atomic mass is 16.5.